The number of aryl methyl sites for hydroxylation is 1. The van der Waals surface area contributed by atoms with Gasteiger partial charge in [-0.1, -0.05) is 0 Å². The number of nitrogens with one attached hydrogen (secondary N) is 2. The first-order chi connectivity index (χ1) is 6.77. The molecular formula is C10H14FN3. The minimum absolute atomic E-state index is 0.261. The normalized spacial score (nSPS) is 22.3. The molecule has 1 aromatic rings. The van der Waals surface area contributed by atoms with Gasteiger partial charge in [0.15, 0.2) is 0 Å². The lowest BCUT2D eigenvalue weighted by Gasteiger charge is -2.25. The summed E-state index contributed by atoms with van der Waals surface area (Å²) < 4.78 is 12.8. The monoisotopic (exact) mass is 195 g/mol. The third-order valence-corrected chi connectivity index (χ3v) is 2.53. The molecule has 2 N–H and O–H groups in total. The highest BCUT2D eigenvalue weighted by atomic mass is 19.1. The lowest BCUT2D eigenvalue weighted by atomic mass is 10.0. The summed E-state index contributed by atoms with van der Waals surface area (Å²) in [7, 11) is 0. The highest BCUT2D eigenvalue weighted by Crippen LogP contribution is 2.17. The van der Waals surface area contributed by atoms with Crippen molar-refractivity contribution < 1.29 is 4.39 Å². The lowest BCUT2D eigenvalue weighted by molar-refractivity contribution is 0.427. The Bertz CT molecular complexity index is 321. The quantitative estimate of drug-likeness (QED) is 0.650. The minimum atomic E-state index is -0.407. The topological polar surface area (TPSA) is 37.0 Å². The van der Waals surface area contributed by atoms with Gasteiger partial charge in [-0.25, -0.2) is 4.98 Å². The zero-order chi connectivity index (χ0) is 9.97. The van der Waals surface area contributed by atoms with Gasteiger partial charge in [-0.15, -0.1) is 0 Å². The lowest BCUT2D eigenvalue weighted by Crippen LogP contribution is -2.42. The number of hydrogen-bond acceptors (Lipinski definition) is 3. The molecule has 1 aliphatic heterocycles. The van der Waals surface area contributed by atoms with Crippen molar-refractivity contribution in [2.45, 2.75) is 13.0 Å². The van der Waals surface area contributed by atoms with E-state index in [0.717, 1.165) is 30.8 Å². The van der Waals surface area contributed by atoms with Crippen molar-refractivity contribution in [2.24, 2.45) is 0 Å². The van der Waals surface area contributed by atoms with Gasteiger partial charge in [0.1, 0.15) is 0 Å². The molecule has 1 fully saturated rings. The van der Waals surface area contributed by atoms with Gasteiger partial charge in [-0.3, -0.25) is 0 Å². The summed E-state index contributed by atoms with van der Waals surface area (Å²) in [6.45, 7) is 4.73. The minimum Gasteiger partial charge on any atom is -0.314 e. The van der Waals surface area contributed by atoms with Crippen LogP contribution in [-0.4, -0.2) is 24.6 Å². The molecule has 3 nitrogen and oxygen atoms in total. The Morgan fingerprint density at radius 3 is 3.00 bits per heavy atom. The molecular weight excluding hydrogens is 181 g/mol. The standard InChI is InChI=1S/C10H14FN3/c1-7-4-10(11)14-5-8(7)9-6-12-2-3-13-9/h4-5,9,12-13H,2-3,6H2,1H3/t9-/m0/s1. The number of hydrogen-bond donors (Lipinski definition) is 2. The molecule has 1 atom stereocenters. The summed E-state index contributed by atoms with van der Waals surface area (Å²) in [6, 6.07) is 1.74. The Balaban J connectivity index is 2.22. The van der Waals surface area contributed by atoms with E-state index in [-0.39, 0.29) is 6.04 Å². The van der Waals surface area contributed by atoms with Crippen LogP contribution in [0.25, 0.3) is 0 Å². The van der Waals surface area contributed by atoms with Crippen LogP contribution in [0.2, 0.25) is 0 Å². The molecule has 2 heterocycles. The number of nitrogens with zero attached hydrogens (tertiary/aromatic N) is 1. The predicted octanol–water partition coefficient (Wildman–Crippen LogP) is 0.763. The Kier molecular flexibility index (Phi) is 2.74. The molecule has 1 aromatic heterocycles. The number of piperazine rings is 1. The molecule has 1 saturated heterocycles. The van der Waals surface area contributed by atoms with E-state index in [1.807, 2.05) is 6.92 Å². The molecule has 1 aliphatic rings. The highest BCUT2D eigenvalue weighted by molar-refractivity contribution is 5.26. The van der Waals surface area contributed by atoms with Crippen LogP contribution in [-0.2, 0) is 0 Å². The van der Waals surface area contributed by atoms with E-state index in [0.29, 0.717) is 0 Å². The van der Waals surface area contributed by atoms with Crippen molar-refractivity contribution in [1.82, 2.24) is 15.6 Å². The molecule has 2 rings (SSSR count). The third-order valence-electron chi connectivity index (χ3n) is 2.53. The predicted molar refractivity (Wildman–Crippen MR) is 52.5 cm³/mol. The third kappa shape index (κ3) is 1.91. The van der Waals surface area contributed by atoms with Gasteiger partial charge < -0.3 is 10.6 Å². The number of pyridine rings is 1. The van der Waals surface area contributed by atoms with Crippen molar-refractivity contribution in [3.8, 4) is 0 Å². The largest absolute Gasteiger partial charge is 0.314 e. The van der Waals surface area contributed by atoms with E-state index >= 15 is 0 Å². The van der Waals surface area contributed by atoms with Crippen LogP contribution in [0.5, 0.6) is 0 Å². The first-order valence-electron chi connectivity index (χ1n) is 4.83. The van der Waals surface area contributed by atoms with E-state index in [1.54, 1.807) is 6.20 Å². The average molecular weight is 195 g/mol. The Morgan fingerprint density at radius 1 is 1.50 bits per heavy atom. The number of aromatic nitrogens is 1. The van der Waals surface area contributed by atoms with E-state index in [9.17, 15) is 4.39 Å². The van der Waals surface area contributed by atoms with Gasteiger partial charge in [0.2, 0.25) is 5.95 Å². The maximum absolute atomic E-state index is 12.8. The van der Waals surface area contributed by atoms with E-state index in [1.165, 1.54) is 6.07 Å². The second kappa shape index (κ2) is 4.02. The van der Waals surface area contributed by atoms with Crippen LogP contribution in [0.3, 0.4) is 0 Å². The van der Waals surface area contributed by atoms with Crippen LogP contribution in [0, 0.1) is 12.9 Å². The maximum atomic E-state index is 12.8. The fraction of sp³-hybridized carbons (Fsp3) is 0.500. The van der Waals surface area contributed by atoms with E-state index in [2.05, 4.69) is 15.6 Å². The van der Waals surface area contributed by atoms with E-state index < -0.39 is 5.95 Å². The van der Waals surface area contributed by atoms with Crippen LogP contribution in [0.15, 0.2) is 12.3 Å². The number of halogens is 1. The second-order valence-electron chi connectivity index (χ2n) is 3.57. The van der Waals surface area contributed by atoms with Gasteiger partial charge >= 0.3 is 0 Å². The van der Waals surface area contributed by atoms with Crippen LogP contribution >= 0.6 is 0 Å². The molecule has 0 amide bonds. The van der Waals surface area contributed by atoms with Crippen LogP contribution in [0.1, 0.15) is 17.2 Å². The van der Waals surface area contributed by atoms with Crippen molar-refractivity contribution >= 4 is 0 Å². The first-order valence-corrected chi connectivity index (χ1v) is 4.83. The van der Waals surface area contributed by atoms with Crippen molar-refractivity contribution in [3.05, 3.63) is 29.3 Å². The highest BCUT2D eigenvalue weighted by Gasteiger charge is 2.16. The second-order valence-corrected chi connectivity index (χ2v) is 3.57. The fourth-order valence-corrected chi connectivity index (χ4v) is 1.77. The van der Waals surface area contributed by atoms with Gasteiger partial charge in [0, 0.05) is 31.9 Å². The number of rotatable bonds is 1. The van der Waals surface area contributed by atoms with Crippen molar-refractivity contribution in [3.63, 3.8) is 0 Å². The summed E-state index contributed by atoms with van der Waals surface area (Å²) in [5, 5.41) is 6.66. The van der Waals surface area contributed by atoms with E-state index in [4.69, 9.17) is 0 Å². The molecule has 0 saturated carbocycles. The molecule has 0 radical (unpaired) electrons. The Hall–Kier alpha value is -1.00. The summed E-state index contributed by atoms with van der Waals surface area (Å²) in [5.74, 6) is -0.407. The van der Waals surface area contributed by atoms with Gasteiger partial charge in [-0.2, -0.15) is 4.39 Å². The summed E-state index contributed by atoms with van der Waals surface area (Å²) in [4.78, 5) is 3.68. The summed E-state index contributed by atoms with van der Waals surface area (Å²) >= 11 is 0. The molecule has 0 spiro atoms. The summed E-state index contributed by atoms with van der Waals surface area (Å²) in [6.07, 6.45) is 1.62. The zero-order valence-electron chi connectivity index (χ0n) is 8.18. The molecule has 0 bridgehead atoms. The molecule has 0 aliphatic carbocycles. The van der Waals surface area contributed by atoms with Gasteiger partial charge in [-0.05, 0) is 24.1 Å². The van der Waals surface area contributed by atoms with Gasteiger partial charge in [0.25, 0.3) is 0 Å². The maximum Gasteiger partial charge on any atom is 0.213 e. The Morgan fingerprint density at radius 2 is 2.36 bits per heavy atom. The van der Waals surface area contributed by atoms with Gasteiger partial charge in [0.05, 0.1) is 0 Å². The Labute approximate surface area is 82.7 Å². The SMILES string of the molecule is Cc1cc(F)ncc1[C@@H]1CNCCN1. The van der Waals surface area contributed by atoms with Crippen LogP contribution < -0.4 is 10.6 Å². The van der Waals surface area contributed by atoms with Crippen molar-refractivity contribution in [1.29, 1.82) is 0 Å². The first kappa shape index (κ1) is 9.55. The smallest absolute Gasteiger partial charge is 0.213 e. The zero-order valence-corrected chi connectivity index (χ0v) is 8.18. The van der Waals surface area contributed by atoms with Crippen molar-refractivity contribution in [2.75, 3.05) is 19.6 Å². The summed E-state index contributed by atoms with van der Waals surface area (Å²) in [5.41, 5.74) is 2.04. The molecule has 4 heteroatoms. The molecule has 0 aromatic carbocycles. The molecule has 76 valence electrons. The average Bonchev–Trinajstić information content (AvgIpc) is 2.19. The molecule has 14 heavy (non-hydrogen) atoms. The van der Waals surface area contributed by atoms with Crippen LogP contribution in [0.4, 0.5) is 4.39 Å². The molecule has 0 unspecified atom stereocenters. The fourth-order valence-electron chi connectivity index (χ4n) is 1.77.